The number of aryl methyl sites for hydroxylation is 1. The maximum absolute atomic E-state index is 4.33. The van der Waals surface area contributed by atoms with Crippen LogP contribution < -0.4 is 0 Å². The zero-order chi connectivity index (χ0) is 12.4. The summed E-state index contributed by atoms with van der Waals surface area (Å²) in [6, 6.07) is 16.2. The Morgan fingerprint density at radius 2 is 1.78 bits per heavy atom. The summed E-state index contributed by atoms with van der Waals surface area (Å²) < 4.78 is 0. The average molecular weight is 235 g/mol. The minimum Gasteiger partial charge on any atom is -0.276 e. The molecule has 3 nitrogen and oxygen atoms in total. The van der Waals surface area contributed by atoms with Gasteiger partial charge in [-0.25, -0.2) is 0 Å². The summed E-state index contributed by atoms with van der Waals surface area (Å²) in [6.45, 7) is 2.08. The van der Waals surface area contributed by atoms with Gasteiger partial charge in [-0.15, -0.1) is 0 Å². The highest BCUT2D eigenvalue weighted by Crippen LogP contribution is 2.22. The van der Waals surface area contributed by atoms with E-state index in [0.717, 1.165) is 22.6 Å². The molecule has 2 aromatic heterocycles. The lowest BCUT2D eigenvalue weighted by atomic mass is 10.1. The van der Waals surface area contributed by atoms with Crippen LogP contribution in [0.4, 0.5) is 0 Å². The molecule has 0 spiro atoms. The molecule has 3 heteroatoms. The summed E-state index contributed by atoms with van der Waals surface area (Å²) in [5.74, 6) is 0. The summed E-state index contributed by atoms with van der Waals surface area (Å²) in [5, 5.41) is 7.35. The first kappa shape index (κ1) is 10.7. The molecule has 0 aliphatic carbocycles. The molecule has 1 aromatic carbocycles. The predicted molar refractivity (Wildman–Crippen MR) is 72.0 cm³/mol. The van der Waals surface area contributed by atoms with Crippen molar-refractivity contribution in [3.63, 3.8) is 0 Å². The molecule has 0 bridgehead atoms. The number of benzene rings is 1. The smallest absolute Gasteiger partial charge is 0.0927 e. The zero-order valence-corrected chi connectivity index (χ0v) is 10.1. The fourth-order valence-corrected chi connectivity index (χ4v) is 1.85. The monoisotopic (exact) mass is 235 g/mol. The molecule has 0 aliphatic heterocycles. The van der Waals surface area contributed by atoms with Crippen LogP contribution in [0.25, 0.3) is 22.6 Å². The molecule has 1 N–H and O–H groups in total. The third-order valence-electron chi connectivity index (χ3n) is 2.87. The number of nitrogens with one attached hydrogen (secondary N) is 1. The van der Waals surface area contributed by atoms with Crippen molar-refractivity contribution in [1.82, 2.24) is 15.2 Å². The molecule has 0 unspecified atom stereocenters. The van der Waals surface area contributed by atoms with Crippen molar-refractivity contribution in [2.45, 2.75) is 6.92 Å². The van der Waals surface area contributed by atoms with E-state index in [-0.39, 0.29) is 0 Å². The summed E-state index contributed by atoms with van der Waals surface area (Å²) in [7, 11) is 0. The second-order valence-electron chi connectivity index (χ2n) is 4.25. The molecule has 18 heavy (non-hydrogen) atoms. The Balaban J connectivity index is 1.97. The standard InChI is InChI=1S/C15H13N3/c1-11-5-7-12(8-6-11)14-10-15(18-17-14)13-4-2-3-9-16-13/h2-10H,1H3,(H,17,18). The van der Waals surface area contributed by atoms with Crippen molar-refractivity contribution in [1.29, 1.82) is 0 Å². The normalized spacial score (nSPS) is 10.5. The van der Waals surface area contributed by atoms with Gasteiger partial charge < -0.3 is 0 Å². The van der Waals surface area contributed by atoms with Crippen LogP contribution in [0.1, 0.15) is 5.56 Å². The highest BCUT2D eigenvalue weighted by atomic mass is 15.1. The third kappa shape index (κ3) is 2.02. The number of H-pyrrole nitrogens is 1. The molecule has 0 radical (unpaired) electrons. The second-order valence-corrected chi connectivity index (χ2v) is 4.25. The Bertz CT molecular complexity index is 639. The van der Waals surface area contributed by atoms with Gasteiger partial charge in [0.05, 0.1) is 17.1 Å². The van der Waals surface area contributed by atoms with Gasteiger partial charge in [0.1, 0.15) is 0 Å². The van der Waals surface area contributed by atoms with E-state index in [1.807, 2.05) is 24.3 Å². The maximum atomic E-state index is 4.33. The molecule has 0 amide bonds. The van der Waals surface area contributed by atoms with Gasteiger partial charge in [0.2, 0.25) is 0 Å². The van der Waals surface area contributed by atoms with Crippen molar-refractivity contribution in [2.75, 3.05) is 0 Å². The van der Waals surface area contributed by atoms with Crippen molar-refractivity contribution in [2.24, 2.45) is 0 Å². The van der Waals surface area contributed by atoms with Crippen LogP contribution >= 0.6 is 0 Å². The highest BCUT2D eigenvalue weighted by Gasteiger charge is 2.05. The van der Waals surface area contributed by atoms with E-state index in [4.69, 9.17) is 0 Å². The lowest BCUT2D eigenvalue weighted by Crippen LogP contribution is -1.80. The van der Waals surface area contributed by atoms with Gasteiger partial charge in [-0.1, -0.05) is 35.9 Å². The summed E-state index contributed by atoms with van der Waals surface area (Å²) in [4.78, 5) is 4.30. The minimum atomic E-state index is 0.906. The SMILES string of the molecule is Cc1ccc(-c2cc(-c3ccccn3)[nH]n2)cc1. The Hall–Kier alpha value is -2.42. The van der Waals surface area contributed by atoms with E-state index in [1.165, 1.54) is 5.56 Å². The van der Waals surface area contributed by atoms with Gasteiger partial charge in [0.25, 0.3) is 0 Å². The van der Waals surface area contributed by atoms with Crippen molar-refractivity contribution in [3.8, 4) is 22.6 Å². The van der Waals surface area contributed by atoms with Crippen molar-refractivity contribution in [3.05, 3.63) is 60.3 Å². The van der Waals surface area contributed by atoms with Crippen molar-refractivity contribution < 1.29 is 0 Å². The van der Waals surface area contributed by atoms with Gasteiger partial charge in [-0.3, -0.25) is 10.1 Å². The van der Waals surface area contributed by atoms with Gasteiger partial charge in [0, 0.05) is 11.8 Å². The largest absolute Gasteiger partial charge is 0.276 e. The number of pyridine rings is 1. The topological polar surface area (TPSA) is 41.6 Å². The van der Waals surface area contributed by atoms with Crippen LogP contribution in [-0.4, -0.2) is 15.2 Å². The van der Waals surface area contributed by atoms with Gasteiger partial charge in [-0.2, -0.15) is 5.10 Å². The first-order valence-corrected chi connectivity index (χ1v) is 5.87. The highest BCUT2D eigenvalue weighted by molar-refractivity contribution is 5.66. The minimum absolute atomic E-state index is 0.906. The zero-order valence-electron chi connectivity index (χ0n) is 10.1. The molecule has 3 rings (SSSR count). The fraction of sp³-hybridized carbons (Fsp3) is 0.0667. The average Bonchev–Trinajstić information content (AvgIpc) is 2.90. The molecule has 0 saturated carbocycles. The maximum Gasteiger partial charge on any atom is 0.0927 e. The number of aromatic amines is 1. The molecular weight excluding hydrogens is 222 g/mol. The molecule has 0 aliphatic rings. The Kier molecular flexibility index (Phi) is 2.65. The number of hydrogen-bond donors (Lipinski definition) is 1. The van der Waals surface area contributed by atoms with Crippen LogP contribution in [0.3, 0.4) is 0 Å². The Labute approximate surface area is 106 Å². The van der Waals surface area contributed by atoms with E-state index >= 15 is 0 Å². The van der Waals surface area contributed by atoms with Gasteiger partial charge >= 0.3 is 0 Å². The predicted octanol–water partition coefficient (Wildman–Crippen LogP) is 3.45. The van der Waals surface area contributed by atoms with Crippen LogP contribution in [0.2, 0.25) is 0 Å². The van der Waals surface area contributed by atoms with Crippen LogP contribution in [0.15, 0.2) is 54.7 Å². The van der Waals surface area contributed by atoms with E-state index in [2.05, 4.69) is 46.4 Å². The molecular formula is C15H13N3. The third-order valence-corrected chi connectivity index (χ3v) is 2.87. The lowest BCUT2D eigenvalue weighted by molar-refractivity contribution is 1.09. The quantitative estimate of drug-likeness (QED) is 0.739. The Morgan fingerprint density at radius 3 is 2.50 bits per heavy atom. The van der Waals surface area contributed by atoms with Crippen LogP contribution in [-0.2, 0) is 0 Å². The first-order chi connectivity index (χ1) is 8.83. The molecule has 2 heterocycles. The van der Waals surface area contributed by atoms with Crippen LogP contribution in [0, 0.1) is 6.92 Å². The number of hydrogen-bond acceptors (Lipinski definition) is 2. The molecule has 0 fully saturated rings. The summed E-state index contributed by atoms with van der Waals surface area (Å²) >= 11 is 0. The lowest BCUT2D eigenvalue weighted by Gasteiger charge is -1.96. The summed E-state index contributed by atoms with van der Waals surface area (Å²) in [6.07, 6.45) is 1.78. The number of nitrogens with zero attached hydrogens (tertiary/aromatic N) is 2. The van der Waals surface area contributed by atoms with Crippen molar-refractivity contribution >= 4 is 0 Å². The van der Waals surface area contributed by atoms with Gasteiger partial charge in [0.15, 0.2) is 0 Å². The first-order valence-electron chi connectivity index (χ1n) is 5.87. The molecule has 0 saturated heterocycles. The summed E-state index contributed by atoms with van der Waals surface area (Å²) in [5.41, 5.74) is 5.14. The van der Waals surface area contributed by atoms with Crippen LogP contribution in [0.5, 0.6) is 0 Å². The molecule has 88 valence electrons. The molecule has 3 aromatic rings. The Morgan fingerprint density at radius 1 is 0.944 bits per heavy atom. The van der Waals surface area contributed by atoms with E-state index in [9.17, 15) is 0 Å². The van der Waals surface area contributed by atoms with E-state index in [1.54, 1.807) is 6.20 Å². The van der Waals surface area contributed by atoms with Gasteiger partial charge in [-0.05, 0) is 25.1 Å². The fourth-order valence-electron chi connectivity index (χ4n) is 1.85. The number of aromatic nitrogens is 3. The number of rotatable bonds is 2. The molecule has 0 atom stereocenters. The van der Waals surface area contributed by atoms with E-state index in [0.29, 0.717) is 0 Å². The van der Waals surface area contributed by atoms with E-state index < -0.39 is 0 Å². The second kappa shape index (κ2) is 4.45.